The molecule has 0 saturated heterocycles. The van der Waals surface area contributed by atoms with E-state index in [4.69, 9.17) is 4.74 Å². The highest BCUT2D eigenvalue weighted by Gasteiger charge is 2.38. The second-order valence-electron chi connectivity index (χ2n) is 5.66. The fourth-order valence-corrected chi connectivity index (χ4v) is 3.57. The topological polar surface area (TPSA) is 41.5 Å². The Morgan fingerprint density at radius 3 is 2.89 bits per heavy atom. The smallest absolute Gasteiger partial charge is 0.120 e. The van der Waals surface area contributed by atoms with Crippen LogP contribution < -0.4 is 10.1 Å². The molecule has 3 heteroatoms. The van der Waals surface area contributed by atoms with Crippen LogP contribution in [0.4, 0.5) is 0 Å². The first-order chi connectivity index (χ1) is 8.76. The third kappa shape index (κ3) is 2.19. The van der Waals surface area contributed by atoms with E-state index in [2.05, 4.69) is 5.32 Å². The van der Waals surface area contributed by atoms with Gasteiger partial charge in [0.2, 0.25) is 0 Å². The molecule has 0 aliphatic heterocycles. The van der Waals surface area contributed by atoms with Gasteiger partial charge in [-0.05, 0) is 49.3 Å². The van der Waals surface area contributed by atoms with E-state index >= 15 is 0 Å². The van der Waals surface area contributed by atoms with Gasteiger partial charge < -0.3 is 15.2 Å². The molecule has 2 aliphatic carbocycles. The van der Waals surface area contributed by atoms with E-state index in [1.807, 2.05) is 6.07 Å². The van der Waals surface area contributed by atoms with E-state index in [1.165, 1.54) is 25.7 Å². The van der Waals surface area contributed by atoms with Gasteiger partial charge in [0.05, 0.1) is 7.11 Å². The Morgan fingerprint density at radius 2 is 2.22 bits per heavy atom. The number of aromatic hydroxyl groups is 1. The Bertz CT molecular complexity index is 433. The third-order valence-corrected chi connectivity index (χ3v) is 4.58. The quantitative estimate of drug-likeness (QED) is 0.859. The molecule has 0 amide bonds. The molecule has 1 aromatic carbocycles. The van der Waals surface area contributed by atoms with Crippen molar-refractivity contribution in [1.82, 2.24) is 5.32 Å². The van der Waals surface area contributed by atoms with Gasteiger partial charge >= 0.3 is 0 Å². The largest absolute Gasteiger partial charge is 0.508 e. The monoisotopic (exact) mass is 247 g/mol. The number of phenols is 1. The van der Waals surface area contributed by atoms with Crippen LogP contribution in [-0.2, 0) is 6.54 Å². The summed E-state index contributed by atoms with van der Waals surface area (Å²) in [5, 5.41) is 13.4. The van der Waals surface area contributed by atoms with Crippen molar-refractivity contribution >= 4 is 0 Å². The number of fused-ring (bicyclic) bond motifs is 2. The Labute approximate surface area is 108 Å². The van der Waals surface area contributed by atoms with Gasteiger partial charge in [0.25, 0.3) is 0 Å². The lowest BCUT2D eigenvalue weighted by Gasteiger charge is -2.23. The zero-order chi connectivity index (χ0) is 12.5. The summed E-state index contributed by atoms with van der Waals surface area (Å²) in [5.41, 5.74) is 0.928. The average Bonchev–Trinajstić information content (AvgIpc) is 3.00. The highest BCUT2D eigenvalue weighted by atomic mass is 16.5. The number of phenolic OH excluding ortho intramolecular Hbond substituents is 1. The first-order valence-corrected chi connectivity index (χ1v) is 6.85. The molecule has 1 aromatic rings. The van der Waals surface area contributed by atoms with Gasteiger partial charge in [0, 0.05) is 18.2 Å². The SMILES string of the molecule is COc1ccc(O)c(CNC2CC3CCC2C3)c1. The van der Waals surface area contributed by atoms with Crippen LogP contribution in [0.15, 0.2) is 18.2 Å². The molecular formula is C15H21NO2. The molecular weight excluding hydrogens is 226 g/mol. The zero-order valence-corrected chi connectivity index (χ0v) is 10.9. The molecule has 2 aliphatic rings. The summed E-state index contributed by atoms with van der Waals surface area (Å²) in [6, 6.07) is 6.05. The van der Waals surface area contributed by atoms with E-state index < -0.39 is 0 Å². The van der Waals surface area contributed by atoms with Crippen molar-refractivity contribution in [3.05, 3.63) is 23.8 Å². The van der Waals surface area contributed by atoms with Gasteiger partial charge in [-0.15, -0.1) is 0 Å². The van der Waals surface area contributed by atoms with Gasteiger partial charge in [0.15, 0.2) is 0 Å². The van der Waals surface area contributed by atoms with E-state index in [-0.39, 0.29) is 0 Å². The van der Waals surface area contributed by atoms with Crippen molar-refractivity contribution in [1.29, 1.82) is 0 Å². The van der Waals surface area contributed by atoms with Crippen molar-refractivity contribution in [2.24, 2.45) is 11.8 Å². The standard InChI is InChI=1S/C15H21NO2/c1-18-13-4-5-15(17)12(8-13)9-16-14-7-10-2-3-11(14)6-10/h4-5,8,10-11,14,16-17H,2-3,6-7,9H2,1H3. The molecule has 2 saturated carbocycles. The summed E-state index contributed by atoms with van der Waals surface area (Å²) >= 11 is 0. The normalized spacial score (nSPS) is 29.7. The highest BCUT2D eigenvalue weighted by Crippen LogP contribution is 2.44. The van der Waals surface area contributed by atoms with E-state index in [9.17, 15) is 5.11 Å². The van der Waals surface area contributed by atoms with Crippen molar-refractivity contribution in [3.63, 3.8) is 0 Å². The number of nitrogens with one attached hydrogen (secondary N) is 1. The molecule has 0 spiro atoms. The number of methoxy groups -OCH3 is 1. The van der Waals surface area contributed by atoms with Crippen LogP contribution in [-0.4, -0.2) is 18.3 Å². The van der Waals surface area contributed by atoms with E-state index in [1.54, 1.807) is 19.2 Å². The lowest BCUT2D eigenvalue weighted by Crippen LogP contribution is -2.33. The fraction of sp³-hybridized carbons (Fsp3) is 0.600. The maximum absolute atomic E-state index is 9.84. The summed E-state index contributed by atoms with van der Waals surface area (Å²) in [4.78, 5) is 0. The molecule has 3 rings (SSSR count). The second-order valence-corrected chi connectivity index (χ2v) is 5.66. The van der Waals surface area contributed by atoms with Gasteiger partial charge in [-0.2, -0.15) is 0 Å². The maximum atomic E-state index is 9.84. The van der Waals surface area contributed by atoms with Crippen molar-refractivity contribution in [2.45, 2.75) is 38.3 Å². The summed E-state index contributed by atoms with van der Waals surface area (Å²) < 4.78 is 5.19. The third-order valence-electron chi connectivity index (χ3n) is 4.58. The minimum Gasteiger partial charge on any atom is -0.508 e. The first kappa shape index (κ1) is 11.8. The molecule has 2 bridgehead atoms. The fourth-order valence-electron chi connectivity index (χ4n) is 3.57. The summed E-state index contributed by atoms with van der Waals surface area (Å²) in [6.45, 7) is 0.733. The van der Waals surface area contributed by atoms with Crippen LogP contribution in [0.1, 0.15) is 31.2 Å². The molecule has 0 aromatic heterocycles. The molecule has 0 heterocycles. The lowest BCUT2D eigenvalue weighted by atomic mass is 9.95. The van der Waals surface area contributed by atoms with Crippen LogP contribution in [0, 0.1) is 11.8 Å². The van der Waals surface area contributed by atoms with Gasteiger partial charge in [-0.25, -0.2) is 0 Å². The van der Waals surface area contributed by atoms with Crippen LogP contribution in [0.25, 0.3) is 0 Å². The number of hydrogen-bond donors (Lipinski definition) is 2. The number of rotatable bonds is 4. The molecule has 2 N–H and O–H groups in total. The zero-order valence-electron chi connectivity index (χ0n) is 10.9. The summed E-state index contributed by atoms with van der Waals surface area (Å²) in [6.07, 6.45) is 5.52. The van der Waals surface area contributed by atoms with Crippen LogP contribution in [0.5, 0.6) is 11.5 Å². The Hall–Kier alpha value is -1.22. The van der Waals surface area contributed by atoms with Gasteiger partial charge in [-0.3, -0.25) is 0 Å². The number of ether oxygens (including phenoxy) is 1. The minimum absolute atomic E-state index is 0.353. The highest BCUT2D eigenvalue weighted by molar-refractivity contribution is 5.39. The van der Waals surface area contributed by atoms with Crippen LogP contribution >= 0.6 is 0 Å². The first-order valence-electron chi connectivity index (χ1n) is 6.85. The summed E-state index contributed by atoms with van der Waals surface area (Å²) in [5.74, 6) is 2.97. The second kappa shape index (κ2) is 4.81. The molecule has 98 valence electrons. The predicted octanol–water partition coefficient (Wildman–Crippen LogP) is 2.68. The Morgan fingerprint density at radius 1 is 1.33 bits per heavy atom. The van der Waals surface area contributed by atoms with Gasteiger partial charge in [-0.1, -0.05) is 6.42 Å². The minimum atomic E-state index is 0.353. The summed E-state index contributed by atoms with van der Waals surface area (Å²) in [7, 11) is 1.65. The predicted molar refractivity (Wildman–Crippen MR) is 70.7 cm³/mol. The number of benzene rings is 1. The molecule has 18 heavy (non-hydrogen) atoms. The Kier molecular flexibility index (Phi) is 3.16. The lowest BCUT2D eigenvalue weighted by molar-refractivity contribution is 0.347. The van der Waals surface area contributed by atoms with Crippen molar-refractivity contribution in [2.75, 3.05) is 7.11 Å². The molecule has 0 radical (unpaired) electrons. The molecule has 2 fully saturated rings. The maximum Gasteiger partial charge on any atom is 0.120 e. The molecule has 3 atom stereocenters. The molecule has 3 nitrogen and oxygen atoms in total. The van der Waals surface area contributed by atoms with Crippen LogP contribution in [0.3, 0.4) is 0 Å². The average molecular weight is 247 g/mol. The van der Waals surface area contributed by atoms with Crippen molar-refractivity contribution in [3.8, 4) is 11.5 Å². The van der Waals surface area contributed by atoms with Crippen LogP contribution in [0.2, 0.25) is 0 Å². The van der Waals surface area contributed by atoms with E-state index in [0.29, 0.717) is 11.8 Å². The number of hydrogen-bond acceptors (Lipinski definition) is 3. The van der Waals surface area contributed by atoms with Crippen molar-refractivity contribution < 1.29 is 9.84 Å². The molecule has 3 unspecified atom stereocenters. The van der Waals surface area contributed by atoms with E-state index in [0.717, 1.165) is 29.7 Å². The Balaban J connectivity index is 1.62. The van der Waals surface area contributed by atoms with Gasteiger partial charge in [0.1, 0.15) is 11.5 Å².